The summed E-state index contributed by atoms with van der Waals surface area (Å²) in [4.78, 5) is 12.1. The molecule has 2 rings (SSSR count). The third-order valence-electron chi connectivity index (χ3n) is 3.42. The Balaban J connectivity index is 2.08. The molecule has 0 atom stereocenters. The number of hydrogen-bond donors (Lipinski definition) is 1. The smallest absolute Gasteiger partial charge is 0.273 e. The summed E-state index contributed by atoms with van der Waals surface area (Å²) < 4.78 is 3.48. The van der Waals surface area contributed by atoms with Crippen molar-refractivity contribution in [1.82, 2.24) is 24.9 Å². The van der Waals surface area contributed by atoms with Crippen molar-refractivity contribution in [2.24, 2.45) is 7.05 Å². The molecule has 0 aliphatic carbocycles. The highest BCUT2D eigenvalue weighted by atomic mass is 35.5. The number of carbonyl (C=O) groups is 1. The van der Waals surface area contributed by atoms with Gasteiger partial charge in [0.05, 0.1) is 16.9 Å². The molecule has 0 aromatic carbocycles. The summed E-state index contributed by atoms with van der Waals surface area (Å²) in [5.74, 6) is -0.276. The summed E-state index contributed by atoms with van der Waals surface area (Å²) in [5.41, 5.74) is 3.07. The standard InChI is InChI=1S/C13H18ClN5O/c1-5-19-8(2)10(7-16-19)6-15-13(20)12-11(14)9(3)18(4)17-12/h7H,5-6H2,1-4H3,(H,15,20). The van der Waals surface area contributed by atoms with Crippen LogP contribution in [0.4, 0.5) is 0 Å². The number of halogens is 1. The largest absolute Gasteiger partial charge is 0.346 e. The summed E-state index contributed by atoms with van der Waals surface area (Å²) in [6.45, 7) is 7.05. The summed E-state index contributed by atoms with van der Waals surface area (Å²) >= 11 is 6.09. The van der Waals surface area contributed by atoms with Crippen LogP contribution in [0.15, 0.2) is 6.20 Å². The maximum Gasteiger partial charge on any atom is 0.273 e. The van der Waals surface area contributed by atoms with Crippen LogP contribution in [0.1, 0.15) is 34.4 Å². The molecule has 0 fully saturated rings. The Morgan fingerprint density at radius 3 is 2.60 bits per heavy atom. The van der Waals surface area contributed by atoms with Gasteiger partial charge in [-0.2, -0.15) is 10.2 Å². The average molecular weight is 296 g/mol. The van der Waals surface area contributed by atoms with E-state index in [0.717, 1.165) is 23.5 Å². The zero-order chi connectivity index (χ0) is 14.9. The number of amides is 1. The normalized spacial score (nSPS) is 10.8. The Hall–Kier alpha value is -1.82. The first-order chi connectivity index (χ1) is 9.45. The minimum absolute atomic E-state index is 0.257. The predicted molar refractivity (Wildman–Crippen MR) is 76.8 cm³/mol. The Morgan fingerprint density at radius 2 is 2.10 bits per heavy atom. The molecule has 2 heterocycles. The molecule has 0 aliphatic rings. The molecule has 1 amide bonds. The van der Waals surface area contributed by atoms with E-state index in [9.17, 15) is 4.79 Å². The van der Waals surface area contributed by atoms with Crippen LogP contribution in [0.5, 0.6) is 0 Å². The van der Waals surface area contributed by atoms with E-state index in [4.69, 9.17) is 11.6 Å². The van der Waals surface area contributed by atoms with Gasteiger partial charge in [0.15, 0.2) is 5.69 Å². The highest BCUT2D eigenvalue weighted by Gasteiger charge is 2.18. The van der Waals surface area contributed by atoms with Gasteiger partial charge in [-0.1, -0.05) is 11.6 Å². The second-order valence-corrected chi connectivity index (χ2v) is 5.00. The Kier molecular flexibility index (Phi) is 4.13. The van der Waals surface area contributed by atoms with Crippen molar-refractivity contribution in [3.05, 3.63) is 33.9 Å². The number of aryl methyl sites for hydroxylation is 2. The molecule has 0 saturated heterocycles. The molecule has 0 spiro atoms. The molecule has 1 N–H and O–H groups in total. The first-order valence-electron chi connectivity index (χ1n) is 6.44. The fourth-order valence-corrected chi connectivity index (χ4v) is 2.21. The molecule has 6 nitrogen and oxygen atoms in total. The van der Waals surface area contributed by atoms with Crippen molar-refractivity contribution in [1.29, 1.82) is 0 Å². The van der Waals surface area contributed by atoms with E-state index in [1.54, 1.807) is 17.9 Å². The lowest BCUT2D eigenvalue weighted by molar-refractivity contribution is 0.0945. The fraction of sp³-hybridized carbons (Fsp3) is 0.462. The summed E-state index contributed by atoms with van der Waals surface area (Å²) in [6.07, 6.45) is 1.77. The van der Waals surface area contributed by atoms with Crippen LogP contribution < -0.4 is 5.32 Å². The van der Waals surface area contributed by atoms with Gasteiger partial charge in [-0.05, 0) is 20.8 Å². The van der Waals surface area contributed by atoms with E-state index in [-0.39, 0.29) is 11.6 Å². The average Bonchev–Trinajstić information content (AvgIpc) is 2.91. The molecule has 0 aliphatic heterocycles. The first-order valence-corrected chi connectivity index (χ1v) is 6.82. The monoisotopic (exact) mass is 295 g/mol. The second-order valence-electron chi connectivity index (χ2n) is 4.63. The van der Waals surface area contributed by atoms with E-state index in [1.807, 2.05) is 25.5 Å². The van der Waals surface area contributed by atoms with Gasteiger partial charge >= 0.3 is 0 Å². The van der Waals surface area contributed by atoms with Crippen molar-refractivity contribution >= 4 is 17.5 Å². The number of nitrogens with zero attached hydrogens (tertiary/aromatic N) is 4. The van der Waals surface area contributed by atoms with E-state index < -0.39 is 0 Å². The molecule has 0 bridgehead atoms. The molecular weight excluding hydrogens is 278 g/mol. The lowest BCUT2D eigenvalue weighted by Gasteiger charge is -2.04. The van der Waals surface area contributed by atoms with Gasteiger partial charge in [0.25, 0.3) is 5.91 Å². The molecule has 20 heavy (non-hydrogen) atoms. The molecule has 2 aromatic heterocycles. The van der Waals surface area contributed by atoms with Crippen molar-refractivity contribution < 1.29 is 4.79 Å². The van der Waals surface area contributed by atoms with Crippen LogP contribution in [0.3, 0.4) is 0 Å². The van der Waals surface area contributed by atoms with Gasteiger partial charge < -0.3 is 5.32 Å². The quantitative estimate of drug-likeness (QED) is 0.936. The van der Waals surface area contributed by atoms with Gasteiger partial charge in [-0.3, -0.25) is 14.2 Å². The zero-order valence-corrected chi connectivity index (χ0v) is 12.8. The van der Waals surface area contributed by atoms with Gasteiger partial charge in [-0.15, -0.1) is 0 Å². The SMILES string of the molecule is CCn1ncc(CNC(=O)c2nn(C)c(C)c2Cl)c1C. The number of aromatic nitrogens is 4. The second kappa shape index (κ2) is 5.66. The van der Waals surface area contributed by atoms with E-state index >= 15 is 0 Å². The zero-order valence-electron chi connectivity index (χ0n) is 12.1. The van der Waals surface area contributed by atoms with Crippen LogP contribution >= 0.6 is 11.6 Å². The van der Waals surface area contributed by atoms with Gasteiger partial charge in [0.1, 0.15) is 0 Å². The van der Waals surface area contributed by atoms with Crippen LogP contribution in [0.25, 0.3) is 0 Å². The first kappa shape index (κ1) is 14.6. The van der Waals surface area contributed by atoms with Crippen LogP contribution in [-0.4, -0.2) is 25.5 Å². The van der Waals surface area contributed by atoms with Crippen LogP contribution in [0, 0.1) is 13.8 Å². The molecule has 2 aromatic rings. The summed E-state index contributed by atoms with van der Waals surface area (Å²) in [7, 11) is 1.76. The molecular formula is C13H18ClN5O. The lowest BCUT2D eigenvalue weighted by atomic mass is 10.2. The maximum atomic E-state index is 12.1. The topological polar surface area (TPSA) is 64.7 Å². The van der Waals surface area contributed by atoms with Crippen LogP contribution in [0.2, 0.25) is 5.02 Å². The van der Waals surface area contributed by atoms with Gasteiger partial charge in [0, 0.05) is 31.4 Å². The maximum absolute atomic E-state index is 12.1. The highest BCUT2D eigenvalue weighted by molar-refractivity contribution is 6.34. The molecule has 0 radical (unpaired) electrons. The minimum atomic E-state index is -0.276. The number of rotatable bonds is 4. The van der Waals surface area contributed by atoms with E-state index in [1.165, 1.54) is 0 Å². The van der Waals surface area contributed by atoms with Crippen molar-refractivity contribution in [3.63, 3.8) is 0 Å². The number of nitrogens with one attached hydrogen (secondary N) is 1. The molecule has 7 heteroatoms. The Morgan fingerprint density at radius 1 is 1.40 bits per heavy atom. The number of hydrogen-bond acceptors (Lipinski definition) is 3. The van der Waals surface area contributed by atoms with Crippen molar-refractivity contribution in [3.8, 4) is 0 Å². The van der Waals surface area contributed by atoms with Gasteiger partial charge in [0.2, 0.25) is 0 Å². The highest BCUT2D eigenvalue weighted by Crippen LogP contribution is 2.19. The van der Waals surface area contributed by atoms with Crippen LogP contribution in [-0.2, 0) is 20.1 Å². The van der Waals surface area contributed by atoms with E-state index in [2.05, 4.69) is 15.5 Å². The Labute approximate surface area is 122 Å². The molecule has 108 valence electrons. The lowest BCUT2D eigenvalue weighted by Crippen LogP contribution is -2.24. The van der Waals surface area contributed by atoms with Crippen molar-refractivity contribution in [2.75, 3.05) is 0 Å². The minimum Gasteiger partial charge on any atom is -0.346 e. The Bertz CT molecular complexity index is 643. The van der Waals surface area contributed by atoms with E-state index in [0.29, 0.717) is 11.6 Å². The third kappa shape index (κ3) is 2.56. The summed E-state index contributed by atoms with van der Waals surface area (Å²) in [5, 5.41) is 11.6. The summed E-state index contributed by atoms with van der Waals surface area (Å²) in [6, 6.07) is 0. The third-order valence-corrected chi connectivity index (χ3v) is 3.87. The predicted octanol–water partition coefficient (Wildman–Crippen LogP) is 1.84. The molecule has 0 unspecified atom stereocenters. The molecule has 0 saturated carbocycles. The number of carbonyl (C=O) groups excluding carboxylic acids is 1. The van der Waals surface area contributed by atoms with Gasteiger partial charge in [-0.25, -0.2) is 0 Å². The van der Waals surface area contributed by atoms with Crippen molar-refractivity contribution in [2.45, 2.75) is 33.9 Å². The fourth-order valence-electron chi connectivity index (χ4n) is 1.96.